The lowest BCUT2D eigenvalue weighted by atomic mass is 10.00. The van der Waals surface area contributed by atoms with Crippen LogP contribution in [-0.4, -0.2) is 29.8 Å². The number of carbonyl (C=O) groups excluding carboxylic acids is 2. The summed E-state index contributed by atoms with van der Waals surface area (Å²) in [5.74, 6) is 0.171. The van der Waals surface area contributed by atoms with Gasteiger partial charge in [0.1, 0.15) is 0 Å². The van der Waals surface area contributed by atoms with Gasteiger partial charge in [-0.25, -0.2) is 0 Å². The van der Waals surface area contributed by atoms with Crippen molar-refractivity contribution in [1.82, 2.24) is 4.90 Å². The largest absolute Gasteiger partial charge is 0.342 e. The lowest BCUT2D eigenvalue weighted by molar-refractivity contribution is -0.135. The van der Waals surface area contributed by atoms with E-state index in [-0.39, 0.29) is 23.7 Å². The molecule has 1 aliphatic carbocycles. The molecule has 2 fully saturated rings. The Hall–Kier alpha value is -1.26. The number of halogens is 2. The fourth-order valence-electron chi connectivity index (χ4n) is 3.19. The van der Waals surface area contributed by atoms with E-state index in [0.717, 1.165) is 19.5 Å². The summed E-state index contributed by atoms with van der Waals surface area (Å²) in [5.41, 5.74) is 0.606. The van der Waals surface area contributed by atoms with Crippen molar-refractivity contribution in [3.05, 3.63) is 28.2 Å². The number of nitrogens with zero attached hydrogens (tertiary/aromatic N) is 1. The maximum absolute atomic E-state index is 12.5. The molecule has 1 saturated carbocycles. The number of hydrogen-bond acceptors (Lipinski definition) is 2. The summed E-state index contributed by atoms with van der Waals surface area (Å²) < 4.78 is 0. The molecule has 0 spiro atoms. The predicted octanol–water partition coefficient (Wildman–Crippen LogP) is 3.83. The van der Waals surface area contributed by atoms with E-state index in [1.54, 1.807) is 18.2 Å². The van der Waals surface area contributed by atoms with Crippen LogP contribution in [0.1, 0.15) is 26.2 Å². The van der Waals surface area contributed by atoms with Crippen LogP contribution in [0.25, 0.3) is 0 Å². The van der Waals surface area contributed by atoms with Crippen LogP contribution in [0.3, 0.4) is 0 Å². The molecule has 6 heteroatoms. The number of piperidine rings is 1. The maximum Gasteiger partial charge on any atom is 0.228 e. The Labute approximate surface area is 146 Å². The molecule has 1 aromatic carbocycles. The average Bonchev–Trinajstić information content (AvgIpc) is 3.31. The van der Waals surface area contributed by atoms with Gasteiger partial charge in [0.15, 0.2) is 0 Å². The molecule has 1 aromatic rings. The second kappa shape index (κ2) is 6.70. The zero-order valence-electron chi connectivity index (χ0n) is 13.0. The van der Waals surface area contributed by atoms with E-state index < -0.39 is 0 Å². The predicted molar refractivity (Wildman–Crippen MR) is 91.7 cm³/mol. The summed E-state index contributed by atoms with van der Waals surface area (Å²) in [6.07, 6.45) is 2.87. The van der Waals surface area contributed by atoms with Gasteiger partial charge in [-0.15, -0.1) is 0 Å². The van der Waals surface area contributed by atoms with Crippen molar-refractivity contribution in [2.24, 2.45) is 17.8 Å². The van der Waals surface area contributed by atoms with Gasteiger partial charge in [0.05, 0.1) is 21.9 Å². The number of benzene rings is 1. The van der Waals surface area contributed by atoms with Crippen molar-refractivity contribution in [3.8, 4) is 0 Å². The summed E-state index contributed by atoms with van der Waals surface area (Å²) in [6.45, 7) is 3.80. The van der Waals surface area contributed by atoms with Crippen LogP contribution in [0.15, 0.2) is 18.2 Å². The van der Waals surface area contributed by atoms with Crippen molar-refractivity contribution in [2.75, 3.05) is 18.4 Å². The van der Waals surface area contributed by atoms with Crippen molar-refractivity contribution in [3.63, 3.8) is 0 Å². The highest BCUT2D eigenvalue weighted by atomic mass is 35.5. The Balaban J connectivity index is 1.56. The van der Waals surface area contributed by atoms with Crippen LogP contribution in [0.5, 0.6) is 0 Å². The first-order valence-electron chi connectivity index (χ1n) is 8.00. The first-order chi connectivity index (χ1) is 11.0. The Morgan fingerprint density at radius 2 is 2.00 bits per heavy atom. The van der Waals surface area contributed by atoms with Crippen molar-refractivity contribution < 1.29 is 9.59 Å². The zero-order chi connectivity index (χ0) is 16.6. The fourth-order valence-corrected chi connectivity index (χ4v) is 3.49. The summed E-state index contributed by atoms with van der Waals surface area (Å²) in [5, 5.41) is 3.66. The number of likely N-dealkylation sites (tertiary alicyclic amines) is 1. The van der Waals surface area contributed by atoms with Crippen LogP contribution < -0.4 is 5.32 Å². The Kier molecular flexibility index (Phi) is 4.83. The van der Waals surface area contributed by atoms with E-state index >= 15 is 0 Å². The molecule has 1 aliphatic heterocycles. The molecule has 3 unspecified atom stereocenters. The molecule has 4 nitrogen and oxygen atoms in total. The first kappa shape index (κ1) is 16.6. The summed E-state index contributed by atoms with van der Waals surface area (Å²) in [6, 6.07) is 4.97. The second-order valence-electron chi connectivity index (χ2n) is 6.60. The summed E-state index contributed by atoms with van der Waals surface area (Å²) in [4.78, 5) is 26.7. The minimum atomic E-state index is -0.228. The smallest absolute Gasteiger partial charge is 0.228 e. The quantitative estimate of drug-likeness (QED) is 0.896. The Bertz CT molecular complexity index is 635. The first-order valence-corrected chi connectivity index (χ1v) is 8.76. The molecule has 0 bridgehead atoms. The number of nitrogens with one attached hydrogen (secondary N) is 1. The van der Waals surface area contributed by atoms with Gasteiger partial charge in [-0.05, 0) is 43.4 Å². The van der Waals surface area contributed by atoms with E-state index in [0.29, 0.717) is 28.1 Å². The zero-order valence-corrected chi connectivity index (χ0v) is 14.5. The third kappa shape index (κ3) is 3.81. The van der Waals surface area contributed by atoms with Gasteiger partial charge in [-0.3, -0.25) is 9.59 Å². The van der Waals surface area contributed by atoms with Crippen LogP contribution >= 0.6 is 23.2 Å². The van der Waals surface area contributed by atoms with Gasteiger partial charge >= 0.3 is 0 Å². The number of anilines is 1. The van der Waals surface area contributed by atoms with Crippen molar-refractivity contribution >= 4 is 40.7 Å². The highest BCUT2D eigenvalue weighted by molar-refractivity contribution is 6.42. The summed E-state index contributed by atoms with van der Waals surface area (Å²) >= 11 is 11.8. The van der Waals surface area contributed by atoms with Crippen LogP contribution in [-0.2, 0) is 9.59 Å². The number of carbonyl (C=O) groups is 2. The minimum absolute atomic E-state index is 0.119. The van der Waals surface area contributed by atoms with E-state index in [1.165, 1.54) is 6.42 Å². The molecule has 2 amide bonds. The normalized spacial score (nSPS) is 26.7. The van der Waals surface area contributed by atoms with Gasteiger partial charge in [-0.2, -0.15) is 0 Å². The molecule has 3 rings (SSSR count). The van der Waals surface area contributed by atoms with E-state index in [2.05, 4.69) is 12.2 Å². The molecule has 1 heterocycles. The maximum atomic E-state index is 12.5. The van der Waals surface area contributed by atoms with Crippen molar-refractivity contribution in [2.45, 2.75) is 26.2 Å². The molecule has 1 saturated heterocycles. The second-order valence-corrected chi connectivity index (χ2v) is 7.41. The van der Waals surface area contributed by atoms with E-state index in [1.807, 2.05) is 4.90 Å². The molecular weight excluding hydrogens is 335 g/mol. The van der Waals surface area contributed by atoms with E-state index in [9.17, 15) is 9.59 Å². The highest BCUT2D eigenvalue weighted by Crippen LogP contribution is 2.41. The number of hydrogen-bond donors (Lipinski definition) is 1. The lowest BCUT2D eigenvalue weighted by Gasteiger charge is -2.31. The van der Waals surface area contributed by atoms with Crippen LogP contribution in [0.4, 0.5) is 5.69 Å². The minimum Gasteiger partial charge on any atom is -0.342 e. The monoisotopic (exact) mass is 354 g/mol. The highest BCUT2D eigenvalue weighted by Gasteiger charge is 2.49. The fraction of sp³-hybridized carbons (Fsp3) is 0.529. The van der Waals surface area contributed by atoms with Crippen LogP contribution in [0.2, 0.25) is 10.0 Å². The molecule has 0 radical (unpaired) electrons. The molecule has 1 N–H and O–H groups in total. The van der Waals surface area contributed by atoms with Gasteiger partial charge in [-0.1, -0.05) is 30.1 Å². The molecular formula is C17H20Cl2N2O2. The molecule has 2 aliphatic rings. The Morgan fingerprint density at radius 1 is 1.22 bits per heavy atom. The molecule has 23 heavy (non-hydrogen) atoms. The SMILES string of the molecule is CC1CCCN(C(=O)C2CC2C(=O)Nc2ccc(Cl)c(Cl)c2)C1. The number of rotatable bonds is 3. The van der Waals surface area contributed by atoms with Gasteiger partial charge in [0.2, 0.25) is 11.8 Å². The molecule has 0 aromatic heterocycles. The van der Waals surface area contributed by atoms with Gasteiger partial charge < -0.3 is 10.2 Å². The van der Waals surface area contributed by atoms with Crippen molar-refractivity contribution in [1.29, 1.82) is 0 Å². The third-order valence-electron chi connectivity index (χ3n) is 4.60. The van der Waals surface area contributed by atoms with Gasteiger partial charge in [0, 0.05) is 18.8 Å². The molecule has 3 atom stereocenters. The molecule has 124 valence electrons. The van der Waals surface area contributed by atoms with Gasteiger partial charge in [0.25, 0.3) is 0 Å². The van der Waals surface area contributed by atoms with E-state index in [4.69, 9.17) is 23.2 Å². The lowest BCUT2D eigenvalue weighted by Crippen LogP contribution is -2.40. The standard InChI is InChI=1S/C17H20Cl2N2O2/c1-10-3-2-6-21(9-10)17(23)13-8-12(13)16(22)20-11-4-5-14(18)15(19)7-11/h4-5,7,10,12-13H,2-3,6,8-9H2,1H3,(H,20,22). The van der Waals surface area contributed by atoms with Crippen LogP contribution in [0, 0.1) is 17.8 Å². The topological polar surface area (TPSA) is 49.4 Å². The summed E-state index contributed by atoms with van der Waals surface area (Å²) in [7, 11) is 0. The Morgan fingerprint density at radius 3 is 2.70 bits per heavy atom. The third-order valence-corrected chi connectivity index (χ3v) is 5.34. The average molecular weight is 355 g/mol. The number of amides is 2.